The number of ether oxygens (including phenoxy) is 1. The summed E-state index contributed by atoms with van der Waals surface area (Å²) >= 11 is 0. The Morgan fingerprint density at radius 2 is 2.00 bits per heavy atom. The van der Waals surface area contributed by atoms with Crippen LogP contribution in [0.5, 0.6) is 5.75 Å². The summed E-state index contributed by atoms with van der Waals surface area (Å²) < 4.78 is 5.77. The summed E-state index contributed by atoms with van der Waals surface area (Å²) in [7, 11) is 0. The first-order valence-corrected chi connectivity index (χ1v) is 8.48. The van der Waals surface area contributed by atoms with Crippen LogP contribution in [0.25, 0.3) is 0 Å². The second kappa shape index (κ2) is 6.23. The maximum Gasteiger partial charge on any atom is 0.236 e. The van der Waals surface area contributed by atoms with Crippen molar-refractivity contribution in [3.05, 3.63) is 59.7 Å². The van der Waals surface area contributed by atoms with E-state index in [2.05, 4.69) is 22.4 Å². The lowest BCUT2D eigenvalue weighted by Crippen LogP contribution is -2.38. The smallest absolute Gasteiger partial charge is 0.236 e. The van der Waals surface area contributed by atoms with Crippen molar-refractivity contribution in [2.75, 3.05) is 31.6 Å². The van der Waals surface area contributed by atoms with Gasteiger partial charge in [0, 0.05) is 18.8 Å². The Balaban J connectivity index is 1.41. The molecule has 0 radical (unpaired) electrons. The van der Waals surface area contributed by atoms with Gasteiger partial charge in [0.15, 0.2) is 0 Å². The number of rotatable bonds is 4. The fourth-order valence-electron chi connectivity index (χ4n) is 3.83. The van der Waals surface area contributed by atoms with Gasteiger partial charge in [0.05, 0.1) is 11.0 Å². The van der Waals surface area contributed by atoms with Crippen molar-refractivity contribution in [3.63, 3.8) is 0 Å². The minimum Gasteiger partial charge on any atom is -0.491 e. The van der Waals surface area contributed by atoms with Gasteiger partial charge in [0.1, 0.15) is 18.4 Å². The fourth-order valence-corrected chi connectivity index (χ4v) is 3.83. The van der Waals surface area contributed by atoms with Gasteiger partial charge < -0.3 is 10.1 Å². The van der Waals surface area contributed by atoms with Gasteiger partial charge in [-0.15, -0.1) is 0 Å². The zero-order valence-corrected chi connectivity index (χ0v) is 13.9. The van der Waals surface area contributed by atoms with E-state index in [0.29, 0.717) is 24.5 Å². The van der Waals surface area contributed by atoms with Crippen LogP contribution >= 0.6 is 0 Å². The quantitative estimate of drug-likeness (QED) is 0.934. The van der Waals surface area contributed by atoms with Crippen LogP contribution in [0.1, 0.15) is 17.5 Å². The number of hydrogen-bond donors (Lipinski definition) is 1. The number of nitrogens with zero attached hydrogens (tertiary/aromatic N) is 2. The lowest BCUT2D eigenvalue weighted by Gasteiger charge is -2.22. The first-order chi connectivity index (χ1) is 12.2. The van der Waals surface area contributed by atoms with Crippen LogP contribution in [0.15, 0.2) is 48.5 Å². The normalized spacial score (nSPS) is 21.8. The molecule has 4 rings (SSSR count). The molecule has 1 atom stereocenters. The highest BCUT2D eigenvalue weighted by Gasteiger charge is 2.50. The second-order valence-electron chi connectivity index (χ2n) is 6.56. The molecule has 25 heavy (non-hydrogen) atoms. The van der Waals surface area contributed by atoms with E-state index in [-0.39, 0.29) is 5.91 Å². The van der Waals surface area contributed by atoms with Gasteiger partial charge in [0.25, 0.3) is 0 Å². The molecule has 0 saturated carbocycles. The van der Waals surface area contributed by atoms with Gasteiger partial charge in [-0.1, -0.05) is 30.3 Å². The number of carbonyl (C=O) groups is 1. The largest absolute Gasteiger partial charge is 0.491 e. The van der Waals surface area contributed by atoms with Gasteiger partial charge >= 0.3 is 0 Å². The molecule has 5 heteroatoms. The maximum atomic E-state index is 12.6. The predicted octanol–water partition coefficient (Wildman–Crippen LogP) is 2.53. The SMILES string of the molecule is N#Cc1ccccc1OCCN1CCC2(C1)C(=O)Nc1ccccc12. The molecule has 1 N–H and O–H groups in total. The number of nitriles is 1. The summed E-state index contributed by atoms with van der Waals surface area (Å²) in [5.41, 5.74) is 2.16. The first-order valence-electron chi connectivity index (χ1n) is 8.48. The minimum atomic E-state index is -0.429. The lowest BCUT2D eigenvalue weighted by atomic mass is 9.81. The van der Waals surface area contributed by atoms with E-state index in [9.17, 15) is 4.79 Å². The summed E-state index contributed by atoms with van der Waals surface area (Å²) in [5.74, 6) is 0.717. The average molecular weight is 333 g/mol. The number of fused-ring (bicyclic) bond motifs is 2. The van der Waals surface area contributed by atoms with Crippen LogP contribution in [0.2, 0.25) is 0 Å². The molecular formula is C20H19N3O2. The zero-order valence-electron chi connectivity index (χ0n) is 13.9. The molecule has 1 unspecified atom stereocenters. The van der Waals surface area contributed by atoms with E-state index in [1.165, 1.54) is 0 Å². The first kappa shape index (κ1) is 15.7. The van der Waals surface area contributed by atoms with Gasteiger partial charge in [0.2, 0.25) is 5.91 Å². The van der Waals surface area contributed by atoms with Gasteiger partial charge in [-0.25, -0.2) is 0 Å². The van der Waals surface area contributed by atoms with Crippen molar-refractivity contribution in [1.82, 2.24) is 4.90 Å². The van der Waals surface area contributed by atoms with Crippen LogP contribution in [-0.2, 0) is 10.2 Å². The Hall–Kier alpha value is -2.84. The van der Waals surface area contributed by atoms with E-state index in [1.54, 1.807) is 6.07 Å². The van der Waals surface area contributed by atoms with Crippen molar-refractivity contribution in [2.45, 2.75) is 11.8 Å². The molecule has 126 valence electrons. The summed E-state index contributed by atoms with van der Waals surface area (Å²) in [6.45, 7) is 2.80. The Kier molecular flexibility index (Phi) is 3.90. The molecule has 0 aliphatic carbocycles. The molecule has 0 aromatic heterocycles. The minimum absolute atomic E-state index is 0.104. The maximum absolute atomic E-state index is 12.6. The summed E-state index contributed by atoms with van der Waals surface area (Å²) in [6, 6.07) is 17.3. The number of likely N-dealkylation sites (tertiary alicyclic amines) is 1. The third-order valence-corrected chi connectivity index (χ3v) is 5.15. The zero-order chi connectivity index (χ0) is 17.3. The van der Waals surface area contributed by atoms with Gasteiger partial charge in [-0.2, -0.15) is 5.26 Å². The molecule has 1 spiro atoms. The number of amides is 1. The average Bonchev–Trinajstić information content (AvgIpc) is 3.19. The third kappa shape index (κ3) is 2.65. The lowest BCUT2D eigenvalue weighted by molar-refractivity contribution is -0.120. The number of anilines is 1. The summed E-state index contributed by atoms with van der Waals surface area (Å²) in [4.78, 5) is 14.8. The van der Waals surface area contributed by atoms with E-state index >= 15 is 0 Å². The topological polar surface area (TPSA) is 65.4 Å². The Labute approximate surface area is 146 Å². The number of hydrogen-bond acceptors (Lipinski definition) is 4. The van der Waals surface area contributed by atoms with Crippen LogP contribution < -0.4 is 10.1 Å². The van der Waals surface area contributed by atoms with Crippen LogP contribution in [0.3, 0.4) is 0 Å². The van der Waals surface area contributed by atoms with Crippen molar-refractivity contribution in [2.24, 2.45) is 0 Å². The molecule has 1 saturated heterocycles. The molecule has 5 nitrogen and oxygen atoms in total. The van der Waals surface area contributed by atoms with Crippen molar-refractivity contribution in [1.29, 1.82) is 5.26 Å². The highest BCUT2D eigenvalue weighted by molar-refractivity contribution is 6.06. The van der Waals surface area contributed by atoms with Crippen molar-refractivity contribution < 1.29 is 9.53 Å². The molecule has 2 aliphatic rings. The van der Waals surface area contributed by atoms with Gasteiger partial charge in [-0.3, -0.25) is 9.69 Å². The molecule has 0 bridgehead atoms. The number of benzene rings is 2. The summed E-state index contributed by atoms with van der Waals surface area (Å²) in [5, 5.41) is 12.1. The predicted molar refractivity (Wildman–Crippen MR) is 94.5 cm³/mol. The Morgan fingerprint density at radius 1 is 1.20 bits per heavy atom. The second-order valence-corrected chi connectivity index (χ2v) is 6.56. The van der Waals surface area contributed by atoms with Crippen LogP contribution in [0.4, 0.5) is 5.69 Å². The van der Waals surface area contributed by atoms with Crippen LogP contribution in [0, 0.1) is 11.3 Å². The molecule has 1 fully saturated rings. The van der Waals surface area contributed by atoms with Crippen LogP contribution in [-0.4, -0.2) is 37.0 Å². The molecule has 2 heterocycles. The Morgan fingerprint density at radius 3 is 2.88 bits per heavy atom. The fraction of sp³-hybridized carbons (Fsp3) is 0.300. The standard InChI is InChI=1S/C20H19N3O2/c21-13-15-5-1-4-8-18(15)25-12-11-23-10-9-20(14-23)16-6-2-3-7-17(16)22-19(20)24/h1-8H,9-12,14H2,(H,22,24). The number of para-hydroxylation sites is 2. The number of nitrogens with one attached hydrogen (secondary N) is 1. The highest BCUT2D eigenvalue weighted by atomic mass is 16.5. The molecule has 2 aromatic carbocycles. The van der Waals surface area contributed by atoms with E-state index < -0.39 is 5.41 Å². The monoisotopic (exact) mass is 333 g/mol. The van der Waals surface area contributed by atoms with Crippen molar-refractivity contribution >= 4 is 11.6 Å². The van der Waals surface area contributed by atoms with Crippen molar-refractivity contribution in [3.8, 4) is 11.8 Å². The van der Waals surface area contributed by atoms with E-state index in [0.717, 1.165) is 30.8 Å². The van der Waals surface area contributed by atoms with E-state index in [4.69, 9.17) is 10.00 Å². The highest BCUT2D eigenvalue weighted by Crippen LogP contribution is 2.43. The molecule has 2 aromatic rings. The molecule has 1 amide bonds. The third-order valence-electron chi connectivity index (χ3n) is 5.15. The van der Waals surface area contributed by atoms with E-state index in [1.807, 2.05) is 36.4 Å². The molecule has 2 aliphatic heterocycles. The summed E-state index contributed by atoms with van der Waals surface area (Å²) in [6.07, 6.45) is 0.824. The molecular weight excluding hydrogens is 314 g/mol. The number of carbonyl (C=O) groups excluding carboxylic acids is 1. The Bertz CT molecular complexity index is 858. The van der Waals surface area contributed by atoms with Gasteiger partial charge in [-0.05, 0) is 36.7 Å².